The lowest BCUT2D eigenvalue weighted by molar-refractivity contribution is -0.385. The van der Waals surface area contributed by atoms with Crippen molar-refractivity contribution >= 4 is 11.4 Å². The first-order chi connectivity index (χ1) is 20.6. The largest absolute Gasteiger partial charge is 0.272 e. The van der Waals surface area contributed by atoms with Gasteiger partial charge in [0.1, 0.15) is 0 Å². The van der Waals surface area contributed by atoms with Crippen LogP contribution in [0, 0.1) is 34.1 Å². The Balaban J connectivity index is -0.000000540. The molecule has 0 heterocycles. The van der Waals surface area contributed by atoms with E-state index in [1.807, 2.05) is 19.9 Å². The third-order valence-electron chi connectivity index (χ3n) is 6.98. The Morgan fingerprint density at radius 1 is 0.468 bits per heavy atom. The Labute approximate surface area is 286 Å². The molecule has 0 spiro atoms. The van der Waals surface area contributed by atoms with E-state index in [2.05, 4.69) is 104 Å². The zero-order chi connectivity index (χ0) is 33.4. The molecule has 6 heteroatoms. The smallest absolute Gasteiger partial charge is 0.258 e. The Morgan fingerprint density at radius 2 is 0.915 bits per heavy atom. The zero-order valence-corrected chi connectivity index (χ0v) is 28.1. The summed E-state index contributed by atoms with van der Waals surface area (Å²) >= 11 is 0. The van der Waals surface area contributed by atoms with Gasteiger partial charge < -0.3 is 0 Å². The highest BCUT2D eigenvalue weighted by Crippen LogP contribution is 2.25. The van der Waals surface area contributed by atoms with Gasteiger partial charge in [0.05, 0.1) is 9.85 Å². The van der Waals surface area contributed by atoms with Crippen LogP contribution in [-0.2, 0) is 0 Å². The molecule has 0 aliphatic rings. The molecule has 0 bridgehead atoms. The van der Waals surface area contributed by atoms with E-state index < -0.39 is 0 Å². The molecule has 0 fully saturated rings. The molecule has 0 saturated carbocycles. The van der Waals surface area contributed by atoms with Gasteiger partial charge in [-0.1, -0.05) is 168 Å². The second-order valence-electron chi connectivity index (χ2n) is 12.1. The third kappa shape index (κ3) is 17.8. The lowest BCUT2D eigenvalue weighted by Crippen LogP contribution is -1.96. The Morgan fingerprint density at radius 3 is 1.26 bits per heavy atom. The Hall–Kier alpha value is -4.32. The molecule has 0 radical (unpaired) electrons. The summed E-state index contributed by atoms with van der Waals surface area (Å²) < 4.78 is 0. The molecule has 4 aromatic rings. The molecule has 0 aromatic heterocycles. The molecule has 0 N–H and O–H groups in total. The van der Waals surface area contributed by atoms with Crippen LogP contribution in [0.25, 0.3) is 0 Å². The van der Waals surface area contributed by atoms with Crippen LogP contribution in [0.5, 0.6) is 0 Å². The maximum absolute atomic E-state index is 10.5. The molecule has 4 aromatic carbocycles. The van der Waals surface area contributed by atoms with E-state index in [1.165, 1.54) is 40.5 Å². The zero-order valence-electron chi connectivity index (χ0n) is 28.1. The van der Waals surface area contributed by atoms with Crippen LogP contribution in [0.3, 0.4) is 0 Å². The van der Waals surface area contributed by atoms with Crippen molar-refractivity contribution in [3.63, 3.8) is 0 Å². The second-order valence-corrected chi connectivity index (χ2v) is 12.1. The highest BCUT2D eigenvalue weighted by Gasteiger charge is 2.14. The predicted molar refractivity (Wildman–Crippen MR) is 205 cm³/mol. The van der Waals surface area contributed by atoms with Crippen molar-refractivity contribution < 1.29 is 9.85 Å². The first-order valence-corrected chi connectivity index (χ1v) is 15.2. The number of benzene rings is 4. The molecule has 0 saturated heterocycles. The minimum atomic E-state index is -0.385. The molecule has 0 amide bonds. The Bertz CT molecular complexity index is 1420. The number of rotatable bonds is 6. The van der Waals surface area contributed by atoms with Gasteiger partial charge >= 0.3 is 0 Å². The topological polar surface area (TPSA) is 86.3 Å². The Kier molecular flexibility index (Phi) is 24.0. The van der Waals surface area contributed by atoms with Crippen molar-refractivity contribution in [2.45, 2.75) is 115 Å². The van der Waals surface area contributed by atoms with E-state index in [0.29, 0.717) is 17.8 Å². The third-order valence-corrected chi connectivity index (χ3v) is 6.98. The molecule has 0 aliphatic heterocycles. The van der Waals surface area contributed by atoms with Crippen LogP contribution in [0.4, 0.5) is 11.4 Å². The quantitative estimate of drug-likeness (QED) is 0.154. The number of nitro groups is 2. The van der Waals surface area contributed by atoms with Crippen molar-refractivity contribution in [3.8, 4) is 0 Å². The molecule has 260 valence electrons. The molecular formula is C41H62N2O4. The number of nitrogens with zero attached hydrogens (tertiary/aromatic N) is 2. The van der Waals surface area contributed by atoms with Crippen molar-refractivity contribution in [3.05, 3.63) is 151 Å². The van der Waals surface area contributed by atoms with Crippen LogP contribution in [-0.4, -0.2) is 9.85 Å². The molecule has 0 aliphatic carbocycles. The van der Waals surface area contributed by atoms with Crippen molar-refractivity contribution in [1.82, 2.24) is 0 Å². The number of hydrogen-bond donors (Lipinski definition) is 0. The van der Waals surface area contributed by atoms with Crippen molar-refractivity contribution in [2.24, 2.45) is 0 Å². The average Bonchev–Trinajstić information content (AvgIpc) is 2.98. The fourth-order valence-corrected chi connectivity index (χ4v) is 4.10. The fourth-order valence-electron chi connectivity index (χ4n) is 4.10. The minimum Gasteiger partial charge on any atom is -0.258 e. The van der Waals surface area contributed by atoms with Crippen molar-refractivity contribution in [1.29, 1.82) is 0 Å². The van der Waals surface area contributed by atoms with E-state index in [-0.39, 0.29) is 49.4 Å². The normalized spacial score (nSPS) is 9.66. The molecule has 6 nitrogen and oxygen atoms in total. The van der Waals surface area contributed by atoms with Gasteiger partial charge in [-0.15, -0.1) is 0 Å². The summed E-state index contributed by atoms with van der Waals surface area (Å²) in [5.41, 5.74) is 7.83. The van der Waals surface area contributed by atoms with Gasteiger partial charge in [0.2, 0.25) is 0 Å². The summed E-state index contributed by atoms with van der Waals surface area (Å²) in [6.45, 7) is 21.1. The van der Waals surface area contributed by atoms with E-state index >= 15 is 0 Å². The van der Waals surface area contributed by atoms with Crippen LogP contribution in [0.2, 0.25) is 0 Å². The van der Waals surface area contributed by atoms with Gasteiger partial charge in [-0.3, -0.25) is 20.2 Å². The number of aryl methyl sites for hydroxylation is 2. The van der Waals surface area contributed by atoms with Crippen LogP contribution >= 0.6 is 0 Å². The van der Waals surface area contributed by atoms with E-state index in [0.717, 1.165) is 11.1 Å². The van der Waals surface area contributed by atoms with Gasteiger partial charge in [0.15, 0.2) is 0 Å². The number of hydrogen-bond acceptors (Lipinski definition) is 4. The lowest BCUT2D eigenvalue weighted by atomic mass is 10.0. The maximum atomic E-state index is 10.5. The molecule has 0 atom stereocenters. The van der Waals surface area contributed by atoms with Crippen LogP contribution in [0.1, 0.15) is 135 Å². The maximum Gasteiger partial charge on any atom is 0.272 e. The summed E-state index contributed by atoms with van der Waals surface area (Å²) in [6, 6.07) is 30.9. The second kappa shape index (κ2) is 23.9. The number of non-ortho nitro benzene ring substituents is 1. The summed E-state index contributed by atoms with van der Waals surface area (Å²) in [7, 11) is 0. The summed E-state index contributed by atoms with van der Waals surface area (Å²) in [5.74, 6) is 1.93. The molecular weight excluding hydrogens is 584 g/mol. The standard InChI is InChI=1S/2C10H14.2C9H11NO2.3CH4/c1-8(2)10-6-4-9(3)5-7-10;1-8(2)10-6-4-5-9(3)7-10;1-7(2)8-3-5-9(6-4-8)10(11)12;1-7(2)8-5-3-4-6-9(8)10(11)12;;;/h2*4-8H,1-3H3;2*3-7H,1-2H3;3*1H4. The SMILES string of the molecule is C.C.C.CC(C)c1ccc([N+](=O)[O-])cc1.CC(C)c1ccccc1[N+](=O)[O-].Cc1ccc(C(C)C)cc1.Cc1cccc(C(C)C)c1. The average molecular weight is 647 g/mol. The van der Waals surface area contributed by atoms with Crippen LogP contribution < -0.4 is 0 Å². The summed E-state index contributed by atoms with van der Waals surface area (Å²) in [5, 5.41) is 20.8. The van der Waals surface area contributed by atoms with E-state index in [1.54, 1.807) is 24.3 Å². The fraction of sp³-hybridized carbons (Fsp3) is 0.415. The van der Waals surface area contributed by atoms with Crippen LogP contribution in [0.15, 0.2) is 97.1 Å². The summed E-state index contributed by atoms with van der Waals surface area (Å²) in [4.78, 5) is 20.1. The molecule has 0 unspecified atom stereocenters. The lowest BCUT2D eigenvalue weighted by Gasteiger charge is -2.04. The van der Waals surface area contributed by atoms with Gasteiger partial charge in [0.25, 0.3) is 11.4 Å². The minimum absolute atomic E-state index is 0. The summed E-state index contributed by atoms with van der Waals surface area (Å²) in [6.07, 6.45) is 0. The molecule has 4 rings (SSSR count). The van der Waals surface area contributed by atoms with Gasteiger partial charge in [-0.25, -0.2) is 0 Å². The highest BCUT2D eigenvalue weighted by atomic mass is 16.6. The monoisotopic (exact) mass is 646 g/mol. The van der Waals surface area contributed by atoms with Crippen molar-refractivity contribution in [2.75, 3.05) is 0 Å². The predicted octanol–water partition coefficient (Wildman–Crippen LogP) is 13.6. The van der Waals surface area contributed by atoms with Gasteiger partial charge in [0, 0.05) is 23.8 Å². The van der Waals surface area contributed by atoms with Gasteiger partial charge in [-0.05, 0) is 54.2 Å². The first-order valence-electron chi connectivity index (χ1n) is 15.2. The first kappa shape index (κ1) is 47.1. The number of para-hydroxylation sites is 1. The van der Waals surface area contributed by atoms with E-state index in [4.69, 9.17) is 0 Å². The molecule has 47 heavy (non-hydrogen) atoms. The van der Waals surface area contributed by atoms with Gasteiger partial charge in [-0.2, -0.15) is 0 Å². The van der Waals surface area contributed by atoms with E-state index in [9.17, 15) is 20.2 Å². The number of nitro benzene ring substituents is 2. The highest BCUT2D eigenvalue weighted by molar-refractivity contribution is 5.41.